The van der Waals surface area contributed by atoms with Gasteiger partial charge in [0.2, 0.25) is 0 Å². The van der Waals surface area contributed by atoms with Crippen molar-refractivity contribution >= 4 is 72.8 Å². The molecule has 2 heterocycles. The molecule has 202 valence electrons. The van der Waals surface area contributed by atoms with Gasteiger partial charge < -0.3 is 32.9 Å². The molecule has 8 nitrogen and oxygen atoms in total. The lowest BCUT2D eigenvalue weighted by Gasteiger charge is -2.37. The quantitative estimate of drug-likeness (QED) is 0.257. The van der Waals surface area contributed by atoms with Gasteiger partial charge in [-0.25, -0.2) is 0 Å². The van der Waals surface area contributed by atoms with Crippen molar-refractivity contribution < 1.29 is 32.9 Å². The zero-order valence-electron chi connectivity index (χ0n) is 22.8. The van der Waals surface area contributed by atoms with E-state index < -0.39 is 72.8 Å². The van der Waals surface area contributed by atoms with Gasteiger partial charge in [-0.05, 0) is 64.5 Å². The molecule has 0 radical (unpaired) electrons. The monoisotopic (exact) mass is 618 g/mol. The van der Waals surface area contributed by atoms with Gasteiger partial charge in [0.25, 0.3) is 55.7 Å². The van der Waals surface area contributed by atoms with E-state index in [-0.39, 0.29) is 0 Å². The van der Waals surface area contributed by atoms with Crippen LogP contribution in [0.2, 0.25) is 64.5 Å². The van der Waals surface area contributed by atoms with Crippen LogP contribution in [0, 0.1) is 0 Å². The Bertz CT molecular complexity index is 506. The van der Waals surface area contributed by atoms with Crippen LogP contribution in [0.5, 0.6) is 0 Å². The molecule has 0 aliphatic carbocycles. The summed E-state index contributed by atoms with van der Waals surface area (Å²) in [6, 6.07) is 2.12. The van der Waals surface area contributed by atoms with Crippen LogP contribution in [0.15, 0.2) is 0 Å². The molecule has 0 aromatic heterocycles. The maximum absolute atomic E-state index is 6.38. The standard InChI is InChI=1S/C18H50O8Si8/c1-27-19-29(3)23-33(7,24-30(4)20-27)17-15-13-11-9-10-12-14-16-18-34(8)25-31(5)21-28(2)22-32(6)26-34/h27-32H,9-18H2,1-8H3. The van der Waals surface area contributed by atoms with Crippen LogP contribution < -0.4 is 0 Å². The maximum Gasteiger partial charge on any atom is 0.316 e. The lowest BCUT2D eigenvalue weighted by molar-refractivity contribution is 0.271. The van der Waals surface area contributed by atoms with E-state index in [1.807, 2.05) is 0 Å². The predicted octanol–water partition coefficient (Wildman–Crippen LogP) is 3.51. The first kappa shape index (κ1) is 31.6. The second-order valence-electron chi connectivity index (χ2n) is 10.0. The van der Waals surface area contributed by atoms with Crippen molar-refractivity contribution in [1.29, 1.82) is 0 Å². The summed E-state index contributed by atoms with van der Waals surface area (Å²) >= 11 is 0. The van der Waals surface area contributed by atoms with E-state index in [2.05, 4.69) is 52.4 Å². The Labute approximate surface area is 220 Å². The molecule has 16 heteroatoms. The molecule has 4 unspecified atom stereocenters. The van der Waals surface area contributed by atoms with E-state index in [1.165, 1.54) is 51.4 Å². The Morgan fingerprint density at radius 1 is 0.382 bits per heavy atom. The molecule has 4 atom stereocenters. The van der Waals surface area contributed by atoms with E-state index in [9.17, 15) is 0 Å². The summed E-state index contributed by atoms with van der Waals surface area (Å²) in [6.07, 6.45) is 10.1. The van der Waals surface area contributed by atoms with Gasteiger partial charge in [0.1, 0.15) is 0 Å². The van der Waals surface area contributed by atoms with E-state index >= 15 is 0 Å². The fourth-order valence-corrected chi connectivity index (χ4v) is 34.4. The summed E-state index contributed by atoms with van der Waals surface area (Å²) in [6.45, 7) is 17.1. The SMILES string of the molecule is C[SiH]1O[SiH](C)O[Si](C)(CCCCCCCCCC[Si]2(C)O[SiH](C)O[SiH](C)O[SiH](C)O2)O[SiH](C)O1. The first-order valence-electron chi connectivity index (χ1n) is 13.3. The van der Waals surface area contributed by atoms with E-state index in [0.29, 0.717) is 0 Å². The molecule has 0 saturated carbocycles. The lowest BCUT2D eigenvalue weighted by atomic mass is 10.1. The Balaban J connectivity index is 1.54. The minimum Gasteiger partial charge on any atom is -0.420 e. The van der Waals surface area contributed by atoms with Crippen molar-refractivity contribution in [1.82, 2.24) is 0 Å². The lowest BCUT2D eigenvalue weighted by Crippen LogP contribution is -2.52. The second-order valence-corrected chi connectivity index (χ2v) is 30.5. The van der Waals surface area contributed by atoms with Gasteiger partial charge >= 0.3 is 17.1 Å². The van der Waals surface area contributed by atoms with Crippen molar-refractivity contribution in [3.8, 4) is 0 Å². The molecular formula is C18H50O8Si8. The van der Waals surface area contributed by atoms with Crippen molar-refractivity contribution in [2.24, 2.45) is 0 Å². The van der Waals surface area contributed by atoms with Crippen LogP contribution in [0.4, 0.5) is 0 Å². The average molecular weight is 619 g/mol. The first-order valence-corrected chi connectivity index (χ1v) is 30.9. The van der Waals surface area contributed by atoms with Crippen molar-refractivity contribution in [2.75, 3.05) is 0 Å². The van der Waals surface area contributed by atoms with Crippen molar-refractivity contribution in [3.05, 3.63) is 0 Å². The summed E-state index contributed by atoms with van der Waals surface area (Å²) in [7, 11) is -13.8. The summed E-state index contributed by atoms with van der Waals surface area (Å²) in [4.78, 5) is 0. The predicted molar refractivity (Wildman–Crippen MR) is 157 cm³/mol. The molecule has 2 aliphatic heterocycles. The third-order valence-electron chi connectivity index (χ3n) is 6.21. The second kappa shape index (κ2) is 15.7. The zero-order chi connectivity index (χ0) is 25.2. The molecule has 0 spiro atoms. The van der Waals surface area contributed by atoms with Gasteiger partial charge in [-0.3, -0.25) is 0 Å². The van der Waals surface area contributed by atoms with Crippen LogP contribution in [0.25, 0.3) is 0 Å². The fraction of sp³-hybridized carbons (Fsp3) is 1.00. The van der Waals surface area contributed by atoms with Gasteiger partial charge in [-0.2, -0.15) is 0 Å². The molecule has 0 aromatic rings. The van der Waals surface area contributed by atoms with E-state index in [4.69, 9.17) is 32.9 Å². The van der Waals surface area contributed by atoms with E-state index in [1.54, 1.807) is 0 Å². The Kier molecular flexibility index (Phi) is 14.6. The smallest absolute Gasteiger partial charge is 0.316 e. The first-order chi connectivity index (χ1) is 16.0. The Morgan fingerprint density at radius 3 is 0.882 bits per heavy atom. The van der Waals surface area contributed by atoms with Crippen LogP contribution in [0.3, 0.4) is 0 Å². The minimum absolute atomic E-state index is 1.06. The van der Waals surface area contributed by atoms with Gasteiger partial charge in [-0.15, -0.1) is 0 Å². The zero-order valence-corrected chi connectivity index (χ0v) is 31.7. The van der Waals surface area contributed by atoms with Gasteiger partial charge in [-0.1, -0.05) is 51.4 Å². The molecule has 0 amide bonds. The van der Waals surface area contributed by atoms with Crippen LogP contribution in [0.1, 0.15) is 51.4 Å². The molecule has 2 aliphatic rings. The highest BCUT2D eigenvalue weighted by Crippen LogP contribution is 2.25. The van der Waals surface area contributed by atoms with Crippen LogP contribution in [-0.2, 0) is 32.9 Å². The van der Waals surface area contributed by atoms with Gasteiger partial charge in [0.05, 0.1) is 0 Å². The highest BCUT2D eigenvalue weighted by molar-refractivity contribution is 6.81. The molecule has 2 rings (SSSR count). The Hall–Kier alpha value is 1.42. The number of hydrogen-bond donors (Lipinski definition) is 0. The summed E-state index contributed by atoms with van der Waals surface area (Å²) in [5.74, 6) is 0. The highest BCUT2D eigenvalue weighted by atomic mass is 28.5. The van der Waals surface area contributed by atoms with Gasteiger partial charge in [0.15, 0.2) is 0 Å². The van der Waals surface area contributed by atoms with Crippen molar-refractivity contribution in [2.45, 2.75) is 116 Å². The molecule has 2 saturated heterocycles. The van der Waals surface area contributed by atoms with E-state index in [0.717, 1.165) is 12.1 Å². The minimum atomic E-state index is -2.14. The summed E-state index contributed by atoms with van der Waals surface area (Å²) in [5.41, 5.74) is 0. The third kappa shape index (κ3) is 12.8. The topological polar surface area (TPSA) is 73.8 Å². The highest BCUT2D eigenvalue weighted by Gasteiger charge is 2.40. The Morgan fingerprint density at radius 2 is 0.618 bits per heavy atom. The van der Waals surface area contributed by atoms with Crippen LogP contribution in [-0.4, -0.2) is 72.8 Å². The average Bonchev–Trinajstić information content (AvgIpc) is 2.66. The largest absolute Gasteiger partial charge is 0.420 e. The van der Waals surface area contributed by atoms with Crippen LogP contribution >= 0.6 is 0 Å². The third-order valence-corrected chi connectivity index (χ3v) is 34.3. The normalized spacial score (nSPS) is 40.2. The van der Waals surface area contributed by atoms with Gasteiger partial charge in [0, 0.05) is 0 Å². The number of rotatable bonds is 11. The summed E-state index contributed by atoms with van der Waals surface area (Å²) < 4.78 is 49.6. The number of unbranched alkanes of at least 4 members (excludes halogenated alkanes) is 7. The molecule has 0 aromatic carbocycles. The van der Waals surface area contributed by atoms with Crippen molar-refractivity contribution in [3.63, 3.8) is 0 Å². The molecule has 34 heavy (non-hydrogen) atoms. The summed E-state index contributed by atoms with van der Waals surface area (Å²) in [5, 5.41) is 0. The molecule has 2 fully saturated rings. The fourth-order valence-electron chi connectivity index (χ4n) is 4.90. The molecule has 0 N–H and O–H groups in total. The maximum atomic E-state index is 6.38. The molecular weight excluding hydrogens is 569 g/mol. The molecule has 0 bridgehead atoms. The number of hydrogen-bond acceptors (Lipinski definition) is 8.